The Labute approximate surface area is 116 Å². The van der Waals surface area contributed by atoms with E-state index >= 15 is 0 Å². The lowest BCUT2D eigenvalue weighted by Crippen LogP contribution is -2.29. The lowest BCUT2D eigenvalue weighted by Gasteiger charge is -2.07. The SMILES string of the molecule is CNC(=S)N/N=C(/C)c1cccc(OCC(=O)O)c1. The molecule has 1 rings (SSSR count). The number of rotatable bonds is 5. The van der Waals surface area contributed by atoms with Crippen LogP contribution >= 0.6 is 12.2 Å². The molecule has 1 aromatic carbocycles. The van der Waals surface area contributed by atoms with Gasteiger partial charge in [-0.05, 0) is 31.3 Å². The smallest absolute Gasteiger partial charge is 0.341 e. The third-order valence-electron chi connectivity index (χ3n) is 2.17. The zero-order chi connectivity index (χ0) is 14.3. The highest BCUT2D eigenvalue weighted by Crippen LogP contribution is 2.13. The van der Waals surface area contributed by atoms with Crippen molar-refractivity contribution in [1.29, 1.82) is 0 Å². The molecule has 0 heterocycles. The van der Waals surface area contributed by atoms with E-state index in [1.165, 1.54) is 0 Å². The molecule has 0 aliphatic rings. The maximum absolute atomic E-state index is 10.4. The average Bonchev–Trinajstić information content (AvgIpc) is 2.42. The van der Waals surface area contributed by atoms with Crippen LogP contribution in [0.4, 0.5) is 0 Å². The molecule has 7 heteroatoms. The van der Waals surface area contributed by atoms with Crippen molar-refractivity contribution in [1.82, 2.24) is 10.7 Å². The van der Waals surface area contributed by atoms with E-state index in [9.17, 15) is 4.79 Å². The molecule has 0 saturated heterocycles. The van der Waals surface area contributed by atoms with Gasteiger partial charge in [-0.15, -0.1) is 0 Å². The molecule has 0 atom stereocenters. The van der Waals surface area contributed by atoms with Gasteiger partial charge in [0.2, 0.25) is 0 Å². The van der Waals surface area contributed by atoms with E-state index in [1.807, 2.05) is 13.0 Å². The standard InChI is InChI=1S/C12H15N3O3S/c1-8(14-15-12(19)13-2)9-4-3-5-10(6-9)18-7-11(16)17/h3-6H,7H2,1-2H3,(H,16,17)(H2,13,15,19)/b14-8-. The van der Waals surface area contributed by atoms with Gasteiger partial charge in [-0.3, -0.25) is 5.43 Å². The topological polar surface area (TPSA) is 83.0 Å². The first kappa shape index (κ1) is 14.9. The van der Waals surface area contributed by atoms with Crippen molar-refractivity contribution in [2.75, 3.05) is 13.7 Å². The molecule has 3 N–H and O–H groups in total. The number of carboxylic acid groups (broad SMARTS) is 1. The third kappa shape index (κ3) is 5.35. The first-order chi connectivity index (χ1) is 9.02. The number of carboxylic acids is 1. The van der Waals surface area contributed by atoms with Crippen molar-refractivity contribution in [3.8, 4) is 5.75 Å². The van der Waals surface area contributed by atoms with Gasteiger partial charge in [-0.25, -0.2) is 4.79 Å². The van der Waals surface area contributed by atoms with E-state index in [-0.39, 0.29) is 6.61 Å². The van der Waals surface area contributed by atoms with Gasteiger partial charge in [-0.2, -0.15) is 5.10 Å². The first-order valence-corrected chi connectivity index (χ1v) is 5.91. The van der Waals surface area contributed by atoms with Crippen LogP contribution in [0.1, 0.15) is 12.5 Å². The summed E-state index contributed by atoms with van der Waals surface area (Å²) < 4.78 is 5.09. The number of nitrogens with one attached hydrogen (secondary N) is 2. The molecule has 102 valence electrons. The summed E-state index contributed by atoms with van der Waals surface area (Å²) in [7, 11) is 1.69. The minimum absolute atomic E-state index is 0.373. The second kappa shape index (κ2) is 7.32. The van der Waals surface area contributed by atoms with E-state index < -0.39 is 5.97 Å². The van der Waals surface area contributed by atoms with Gasteiger partial charge in [0, 0.05) is 12.6 Å². The van der Waals surface area contributed by atoms with Crippen molar-refractivity contribution in [3.05, 3.63) is 29.8 Å². The van der Waals surface area contributed by atoms with Crippen LogP contribution in [-0.2, 0) is 4.79 Å². The van der Waals surface area contributed by atoms with Gasteiger partial charge in [0.15, 0.2) is 11.7 Å². The summed E-state index contributed by atoms with van der Waals surface area (Å²) in [5, 5.41) is 15.8. The van der Waals surface area contributed by atoms with Crippen LogP contribution < -0.4 is 15.5 Å². The number of benzene rings is 1. The van der Waals surface area contributed by atoms with Crippen LogP contribution in [0.15, 0.2) is 29.4 Å². The number of aliphatic carboxylic acids is 1. The summed E-state index contributed by atoms with van der Waals surface area (Å²) in [4.78, 5) is 10.4. The molecule has 0 bridgehead atoms. The van der Waals surface area contributed by atoms with Crippen LogP contribution in [0.5, 0.6) is 5.75 Å². The number of hydrazone groups is 1. The molecule has 0 aromatic heterocycles. The van der Waals surface area contributed by atoms with E-state index in [0.717, 1.165) is 5.56 Å². The van der Waals surface area contributed by atoms with Crippen molar-refractivity contribution in [2.45, 2.75) is 6.92 Å². The number of ether oxygens (including phenoxy) is 1. The molecule has 0 aliphatic heterocycles. The summed E-state index contributed by atoms with van der Waals surface area (Å²) in [6, 6.07) is 7.01. The highest BCUT2D eigenvalue weighted by atomic mass is 32.1. The fourth-order valence-corrected chi connectivity index (χ4v) is 1.26. The van der Waals surface area contributed by atoms with Crippen LogP contribution in [0.3, 0.4) is 0 Å². The quantitative estimate of drug-likeness (QED) is 0.424. The predicted molar refractivity (Wildman–Crippen MR) is 76.6 cm³/mol. The predicted octanol–water partition coefficient (Wildman–Crippen LogP) is 0.968. The van der Waals surface area contributed by atoms with Gasteiger partial charge in [0.1, 0.15) is 5.75 Å². The van der Waals surface area contributed by atoms with Crippen LogP contribution in [0.25, 0.3) is 0 Å². The number of hydrogen-bond acceptors (Lipinski definition) is 4. The molecular weight excluding hydrogens is 266 g/mol. The number of hydrogen-bond donors (Lipinski definition) is 3. The summed E-state index contributed by atoms with van der Waals surface area (Å²) in [6.07, 6.45) is 0. The molecular formula is C12H15N3O3S. The molecule has 0 amide bonds. The van der Waals surface area contributed by atoms with E-state index in [1.54, 1.807) is 25.2 Å². The second-order valence-electron chi connectivity index (χ2n) is 3.60. The zero-order valence-electron chi connectivity index (χ0n) is 10.6. The highest BCUT2D eigenvalue weighted by molar-refractivity contribution is 7.80. The minimum atomic E-state index is -1.02. The Bertz CT molecular complexity index is 503. The van der Waals surface area contributed by atoms with Crippen molar-refractivity contribution < 1.29 is 14.6 Å². The summed E-state index contributed by atoms with van der Waals surface area (Å²) >= 11 is 4.90. The molecule has 0 unspecified atom stereocenters. The number of nitrogens with zero attached hydrogens (tertiary/aromatic N) is 1. The Morgan fingerprint density at radius 1 is 1.53 bits per heavy atom. The molecule has 0 aliphatic carbocycles. The third-order valence-corrected chi connectivity index (χ3v) is 2.46. The lowest BCUT2D eigenvalue weighted by molar-refractivity contribution is -0.139. The monoisotopic (exact) mass is 281 g/mol. The molecule has 0 fully saturated rings. The van der Waals surface area contributed by atoms with Crippen LogP contribution in [-0.4, -0.2) is 35.6 Å². The van der Waals surface area contributed by atoms with Crippen LogP contribution in [0, 0.1) is 0 Å². The Morgan fingerprint density at radius 3 is 2.89 bits per heavy atom. The second-order valence-corrected chi connectivity index (χ2v) is 4.01. The molecule has 6 nitrogen and oxygen atoms in total. The van der Waals surface area contributed by atoms with E-state index in [2.05, 4.69) is 15.8 Å². The Balaban J connectivity index is 2.74. The minimum Gasteiger partial charge on any atom is -0.482 e. The molecule has 0 spiro atoms. The number of carbonyl (C=O) groups is 1. The molecule has 0 saturated carbocycles. The Kier molecular flexibility index (Phi) is 5.74. The maximum Gasteiger partial charge on any atom is 0.341 e. The lowest BCUT2D eigenvalue weighted by atomic mass is 10.1. The fourth-order valence-electron chi connectivity index (χ4n) is 1.21. The molecule has 1 aromatic rings. The van der Waals surface area contributed by atoms with Gasteiger partial charge < -0.3 is 15.2 Å². The molecule has 0 radical (unpaired) electrons. The largest absolute Gasteiger partial charge is 0.482 e. The van der Waals surface area contributed by atoms with Gasteiger partial charge in [0.25, 0.3) is 0 Å². The Morgan fingerprint density at radius 2 is 2.26 bits per heavy atom. The summed E-state index contributed by atoms with van der Waals surface area (Å²) in [5.74, 6) is -0.539. The highest BCUT2D eigenvalue weighted by Gasteiger charge is 2.03. The van der Waals surface area contributed by atoms with Crippen molar-refractivity contribution >= 4 is 29.0 Å². The summed E-state index contributed by atoms with van der Waals surface area (Å²) in [6.45, 7) is 1.43. The van der Waals surface area contributed by atoms with Crippen molar-refractivity contribution in [3.63, 3.8) is 0 Å². The fraction of sp³-hybridized carbons (Fsp3) is 0.250. The van der Waals surface area contributed by atoms with E-state index in [0.29, 0.717) is 16.6 Å². The first-order valence-electron chi connectivity index (χ1n) is 5.50. The average molecular weight is 281 g/mol. The Hall–Kier alpha value is -2.15. The van der Waals surface area contributed by atoms with Gasteiger partial charge >= 0.3 is 5.97 Å². The normalized spacial score (nSPS) is 10.7. The van der Waals surface area contributed by atoms with Crippen LogP contribution in [0.2, 0.25) is 0 Å². The van der Waals surface area contributed by atoms with Gasteiger partial charge in [-0.1, -0.05) is 12.1 Å². The number of thiocarbonyl (C=S) groups is 1. The van der Waals surface area contributed by atoms with E-state index in [4.69, 9.17) is 22.1 Å². The zero-order valence-corrected chi connectivity index (χ0v) is 11.5. The molecule has 19 heavy (non-hydrogen) atoms. The summed E-state index contributed by atoms with van der Waals surface area (Å²) in [5.41, 5.74) is 4.19. The van der Waals surface area contributed by atoms with Gasteiger partial charge in [0.05, 0.1) is 5.71 Å². The maximum atomic E-state index is 10.4. The van der Waals surface area contributed by atoms with Crippen molar-refractivity contribution in [2.24, 2.45) is 5.10 Å².